The third-order valence-electron chi connectivity index (χ3n) is 29.0. The van der Waals surface area contributed by atoms with Gasteiger partial charge in [-0.2, -0.15) is 4.52 Å². The van der Waals surface area contributed by atoms with E-state index >= 15 is 0 Å². The lowest BCUT2D eigenvalue weighted by atomic mass is 9.70. The summed E-state index contributed by atoms with van der Waals surface area (Å²) in [5.41, 5.74) is 37.0. The minimum absolute atomic E-state index is 0.0385. The molecule has 598 valence electrons. The van der Waals surface area contributed by atoms with Gasteiger partial charge >= 0.3 is 0 Å². The molecule has 2 heterocycles. The molecule has 18 rings (SSSR count). The van der Waals surface area contributed by atoms with Crippen LogP contribution in [0.5, 0.6) is 0 Å². The number of hydrogen-bond donors (Lipinski definition) is 0. The molecule has 0 saturated heterocycles. The SMILES string of the molecule is CCCCCCCCC1(CCCCCCCC)c2ccccc2-c2ccc(-c3ccc4c(c3)C(C)(C)c3cc(-c5ccc(-c6ccc7c(c6)c(=O)n6c(=O)c8cc(-c9ccc(-c%10ccc%11c(c%10)C(C)(C)c%10cc(-c%12ccc%13c(c%12)C(CCCCCCCC)(CCCCCCCC)c%12ccccc%12-%13)ccc%10-%11)cc9)ccc8n76)cc5)ccc3-4)cc21. The molecular formula is C114H120N2O2. The maximum Gasteiger partial charge on any atom is 0.282 e. The number of rotatable bonds is 34. The molecule has 0 unspecified atom stereocenters. The Kier molecular flexibility index (Phi) is 22.1. The van der Waals surface area contributed by atoms with E-state index in [1.807, 2.05) is 28.8 Å². The summed E-state index contributed by atoms with van der Waals surface area (Å²) in [5.74, 6) is 0. The average molecular weight is 1550 g/mol. The van der Waals surface area contributed by atoms with Crippen LogP contribution in [0.3, 0.4) is 0 Å². The molecule has 0 N–H and O–H groups in total. The Labute approximate surface area is 702 Å². The van der Waals surface area contributed by atoms with Crippen LogP contribution in [0, 0.1) is 0 Å². The molecule has 0 atom stereocenters. The van der Waals surface area contributed by atoms with Gasteiger partial charge in [-0.05, 0) is 242 Å². The Bertz CT molecular complexity index is 5790. The minimum Gasteiger partial charge on any atom is -0.267 e. The molecule has 0 radical (unpaired) electrons. The predicted molar refractivity (Wildman–Crippen MR) is 502 cm³/mol. The summed E-state index contributed by atoms with van der Waals surface area (Å²) in [4.78, 5) is 29.1. The van der Waals surface area contributed by atoms with E-state index in [9.17, 15) is 9.59 Å². The standard InChI is InChI=1S/C114H120N2O2/c1-9-13-17-21-25-33-65-113(66-34-26-22-18-14-10-2)99-39-31-29-37-89(99)95-61-53-87(75-105(95)113)85-51-59-93-91-57-49-83(71-101(91)111(5,6)103(93)73-85)79-45-41-77(42-46-79)81-55-63-107-97(69-81)109(117)116-110(118)98-70-82(56-64-108(98)115(107)116)78-43-47-80(48-44-78)84-50-58-92-94-60-52-86(74-104(94)112(7,8)102(92)72-84)88-54-62-96-90-38-30-32-40-100(90)114(106(96)76-88,67-35-27-23-19-15-11-3)68-36-28-24-20-16-12-4/h29-32,37-64,69-76H,9-28,33-36,65-68H2,1-8H3. The Morgan fingerprint density at radius 2 is 0.432 bits per heavy atom. The summed E-state index contributed by atoms with van der Waals surface area (Å²) in [6, 6.07) is 92.0. The fraction of sp³-hybridized carbons (Fsp3) is 0.351. The fourth-order valence-corrected chi connectivity index (χ4v) is 22.3. The van der Waals surface area contributed by atoms with Gasteiger partial charge in [-0.25, -0.2) is 4.52 Å². The molecule has 2 aromatic heterocycles. The molecular weight excluding hydrogens is 1430 g/mol. The first-order valence-electron chi connectivity index (χ1n) is 45.9. The van der Waals surface area contributed by atoms with Crippen LogP contribution < -0.4 is 11.1 Å². The summed E-state index contributed by atoms with van der Waals surface area (Å²) in [7, 11) is 0. The van der Waals surface area contributed by atoms with E-state index in [2.05, 4.69) is 274 Å². The van der Waals surface area contributed by atoms with E-state index in [1.165, 1.54) is 284 Å². The Morgan fingerprint density at radius 1 is 0.212 bits per heavy atom. The molecule has 0 spiro atoms. The third kappa shape index (κ3) is 14.0. The molecule has 4 aliphatic carbocycles. The Hall–Kier alpha value is -10.4. The van der Waals surface area contributed by atoms with Crippen LogP contribution in [0.25, 0.3) is 133 Å². The van der Waals surface area contributed by atoms with Crippen molar-refractivity contribution in [3.63, 3.8) is 0 Å². The van der Waals surface area contributed by atoms with Crippen molar-refractivity contribution < 1.29 is 0 Å². The zero-order valence-electron chi connectivity index (χ0n) is 71.6. The normalized spacial score (nSPS) is 14.5. The number of hydrogen-bond acceptors (Lipinski definition) is 2. The molecule has 0 saturated carbocycles. The van der Waals surface area contributed by atoms with Crippen molar-refractivity contribution >= 4 is 21.8 Å². The lowest BCUT2D eigenvalue weighted by Crippen LogP contribution is -2.25. The van der Waals surface area contributed by atoms with Crippen molar-refractivity contribution in [3.05, 3.63) is 308 Å². The highest BCUT2D eigenvalue weighted by Gasteiger charge is 2.45. The quantitative estimate of drug-likeness (QED) is 0.0377. The van der Waals surface area contributed by atoms with Gasteiger partial charge in [0.25, 0.3) is 11.1 Å². The van der Waals surface area contributed by atoms with Crippen LogP contribution in [0.1, 0.15) is 280 Å². The summed E-state index contributed by atoms with van der Waals surface area (Å²) in [6.45, 7) is 18.9. The van der Waals surface area contributed by atoms with Crippen molar-refractivity contribution in [1.29, 1.82) is 0 Å². The predicted octanol–water partition coefficient (Wildman–Crippen LogP) is 31.7. The number of fused-ring (bicyclic) bond motifs is 17. The largest absolute Gasteiger partial charge is 0.282 e. The lowest BCUT2D eigenvalue weighted by Gasteiger charge is -2.33. The number of nitrogens with zero attached hydrogens (tertiary/aromatic N) is 2. The van der Waals surface area contributed by atoms with Gasteiger partial charge in [-0.1, -0.05) is 391 Å². The highest BCUT2D eigenvalue weighted by Crippen LogP contribution is 2.59. The minimum atomic E-state index is -0.307. The van der Waals surface area contributed by atoms with Crippen molar-refractivity contribution in [2.75, 3.05) is 0 Å². The highest BCUT2D eigenvalue weighted by atomic mass is 16.2. The van der Waals surface area contributed by atoms with E-state index in [0.29, 0.717) is 21.8 Å². The molecule has 14 aromatic rings. The molecule has 4 heteroatoms. The topological polar surface area (TPSA) is 43.0 Å². The fourth-order valence-electron chi connectivity index (χ4n) is 22.3. The smallest absolute Gasteiger partial charge is 0.267 e. The van der Waals surface area contributed by atoms with E-state index in [-0.39, 0.29) is 32.8 Å². The number of benzene rings is 12. The maximum absolute atomic E-state index is 14.6. The second-order valence-corrected chi connectivity index (χ2v) is 37.0. The van der Waals surface area contributed by atoms with Crippen LogP contribution in [-0.2, 0) is 21.7 Å². The molecule has 12 aromatic carbocycles. The van der Waals surface area contributed by atoms with E-state index in [1.54, 1.807) is 22.3 Å². The van der Waals surface area contributed by atoms with E-state index in [4.69, 9.17) is 0 Å². The first-order chi connectivity index (χ1) is 57.7. The van der Waals surface area contributed by atoms with Crippen LogP contribution >= 0.6 is 0 Å². The summed E-state index contributed by atoms with van der Waals surface area (Å²) in [6.07, 6.45) is 36.4. The summed E-state index contributed by atoms with van der Waals surface area (Å²) >= 11 is 0. The van der Waals surface area contributed by atoms with Crippen LogP contribution in [0.15, 0.2) is 252 Å². The average Bonchev–Trinajstić information content (AvgIpc) is 1.57. The van der Waals surface area contributed by atoms with Gasteiger partial charge in [0.2, 0.25) is 0 Å². The number of aromatic nitrogens is 2. The second-order valence-electron chi connectivity index (χ2n) is 37.0. The second kappa shape index (κ2) is 33.1. The van der Waals surface area contributed by atoms with Gasteiger partial charge in [0.1, 0.15) is 0 Å². The Balaban J connectivity index is 0.559. The molecule has 0 amide bonds. The monoisotopic (exact) mass is 1550 g/mol. The van der Waals surface area contributed by atoms with Crippen molar-refractivity contribution in [2.45, 2.75) is 257 Å². The molecule has 4 nitrogen and oxygen atoms in total. The zero-order valence-corrected chi connectivity index (χ0v) is 71.6. The first-order valence-corrected chi connectivity index (χ1v) is 45.9. The van der Waals surface area contributed by atoms with Gasteiger partial charge in [-0.15, -0.1) is 0 Å². The molecule has 4 aliphatic rings. The zero-order chi connectivity index (χ0) is 80.9. The van der Waals surface area contributed by atoms with E-state index in [0.717, 1.165) is 33.4 Å². The summed E-state index contributed by atoms with van der Waals surface area (Å²) in [5, 5.41) is 1.05. The molecule has 0 aliphatic heterocycles. The molecule has 118 heavy (non-hydrogen) atoms. The van der Waals surface area contributed by atoms with Crippen molar-refractivity contribution in [3.8, 4) is 111 Å². The summed E-state index contributed by atoms with van der Waals surface area (Å²) < 4.78 is 3.14. The van der Waals surface area contributed by atoms with Gasteiger partial charge in [0.15, 0.2) is 0 Å². The first kappa shape index (κ1) is 78.7. The van der Waals surface area contributed by atoms with Crippen molar-refractivity contribution in [1.82, 2.24) is 9.03 Å². The van der Waals surface area contributed by atoms with Gasteiger partial charge in [0, 0.05) is 21.7 Å². The van der Waals surface area contributed by atoms with Gasteiger partial charge in [0.05, 0.1) is 21.8 Å². The van der Waals surface area contributed by atoms with Crippen LogP contribution in [0.2, 0.25) is 0 Å². The maximum atomic E-state index is 14.6. The molecule has 0 bridgehead atoms. The number of unbranched alkanes of at least 4 members (excludes halogenated alkanes) is 20. The lowest BCUT2D eigenvalue weighted by molar-refractivity contribution is 0.398. The van der Waals surface area contributed by atoms with Crippen molar-refractivity contribution in [2.24, 2.45) is 0 Å². The van der Waals surface area contributed by atoms with Gasteiger partial charge < -0.3 is 0 Å². The van der Waals surface area contributed by atoms with E-state index < -0.39 is 0 Å². The van der Waals surface area contributed by atoms with Gasteiger partial charge in [-0.3, -0.25) is 9.59 Å². The molecule has 0 fully saturated rings. The van der Waals surface area contributed by atoms with Crippen LogP contribution in [0.4, 0.5) is 0 Å². The van der Waals surface area contributed by atoms with Crippen LogP contribution in [-0.4, -0.2) is 9.03 Å². The highest BCUT2D eigenvalue weighted by molar-refractivity contribution is 5.95. The Morgan fingerprint density at radius 3 is 0.729 bits per heavy atom. The third-order valence-corrected chi connectivity index (χ3v) is 29.0.